The van der Waals surface area contributed by atoms with Crippen molar-refractivity contribution in [2.24, 2.45) is 0 Å². The third-order valence-corrected chi connectivity index (χ3v) is 4.68. The zero-order valence-electron chi connectivity index (χ0n) is 16.7. The highest BCUT2D eigenvalue weighted by Gasteiger charge is 2.14. The minimum absolute atomic E-state index is 0.221. The van der Waals surface area contributed by atoms with Crippen LogP contribution >= 0.6 is 0 Å². The van der Waals surface area contributed by atoms with Crippen LogP contribution in [0.4, 0.5) is 4.39 Å². The maximum atomic E-state index is 13.1. The van der Waals surface area contributed by atoms with E-state index in [9.17, 15) is 9.18 Å². The Morgan fingerprint density at radius 3 is 2.38 bits per heavy atom. The Balaban J connectivity index is 1.71. The lowest BCUT2D eigenvalue weighted by molar-refractivity contribution is 0.0939. The van der Waals surface area contributed by atoms with E-state index in [2.05, 4.69) is 5.32 Å². The van der Waals surface area contributed by atoms with Crippen LogP contribution in [0.3, 0.4) is 0 Å². The molecule has 150 valence electrons. The van der Waals surface area contributed by atoms with Crippen LogP contribution in [0.5, 0.6) is 11.5 Å². The van der Waals surface area contributed by atoms with Crippen molar-refractivity contribution in [2.45, 2.75) is 26.5 Å². The molecule has 0 bridgehead atoms. The molecule has 0 aliphatic heterocycles. The first-order valence-corrected chi connectivity index (χ1v) is 9.39. The fourth-order valence-electron chi connectivity index (χ4n) is 2.94. The molecule has 0 saturated heterocycles. The molecule has 1 amide bonds. The number of carbonyl (C=O) groups excluding carboxylic acids is 1. The smallest absolute Gasteiger partial charge is 0.251 e. The van der Waals surface area contributed by atoms with Gasteiger partial charge in [0.05, 0.1) is 13.2 Å². The van der Waals surface area contributed by atoms with Crippen LogP contribution in [0, 0.1) is 12.7 Å². The molecule has 3 aromatic carbocycles. The lowest BCUT2D eigenvalue weighted by Gasteiger charge is -2.16. The average Bonchev–Trinajstić information content (AvgIpc) is 2.73. The zero-order valence-corrected chi connectivity index (χ0v) is 16.7. The summed E-state index contributed by atoms with van der Waals surface area (Å²) in [5.41, 5.74) is 3.26. The van der Waals surface area contributed by atoms with Crippen LogP contribution in [-0.2, 0) is 6.61 Å². The van der Waals surface area contributed by atoms with Crippen molar-refractivity contribution in [3.05, 3.63) is 94.8 Å². The van der Waals surface area contributed by atoms with Gasteiger partial charge in [-0.15, -0.1) is 0 Å². The number of benzene rings is 3. The summed E-state index contributed by atoms with van der Waals surface area (Å²) in [6, 6.07) is 18.8. The van der Waals surface area contributed by atoms with Crippen molar-refractivity contribution in [2.75, 3.05) is 7.11 Å². The van der Waals surface area contributed by atoms with E-state index in [4.69, 9.17) is 9.47 Å². The van der Waals surface area contributed by atoms with Gasteiger partial charge in [-0.25, -0.2) is 4.39 Å². The van der Waals surface area contributed by atoms with Gasteiger partial charge in [-0.2, -0.15) is 0 Å². The molecule has 3 aromatic rings. The predicted octanol–water partition coefficient (Wildman–Crippen LogP) is 5.21. The number of rotatable bonds is 7. The summed E-state index contributed by atoms with van der Waals surface area (Å²) < 4.78 is 24.3. The third kappa shape index (κ3) is 5.35. The molecule has 4 nitrogen and oxygen atoms in total. The van der Waals surface area contributed by atoms with Crippen LogP contribution in [0.25, 0.3) is 0 Å². The molecule has 1 N–H and O–H groups in total. The molecule has 0 saturated carbocycles. The van der Waals surface area contributed by atoms with Gasteiger partial charge in [-0.05, 0) is 61.9 Å². The number of nitrogens with one attached hydrogen (secondary N) is 1. The number of hydrogen-bond acceptors (Lipinski definition) is 3. The maximum absolute atomic E-state index is 13.1. The zero-order chi connectivity index (χ0) is 20.8. The molecule has 5 heteroatoms. The van der Waals surface area contributed by atoms with Crippen LogP contribution in [-0.4, -0.2) is 13.0 Å². The average molecular weight is 393 g/mol. The monoisotopic (exact) mass is 393 g/mol. The van der Waals surface area contributed by atoms with E-state index in [1.54, 1.807) is 37.4 Å². The van der Waals surface area contributed by atoms with E-state index in [0.717, 1.165) is 22.4 Å². The molecule has 0 unspecified atom stereocenters. The van der Waals surface area contributed by atoms with Crippen molar-refractivity contribution in [3.8, 4) is 11.5 Å². The van der Waals surface area contributed by atoms with E-state index in [1.807, 2.05) is 38.1 Å². The summed E-state index contributed by atoms with van der Waals surface area (Å²) in [5.74, 6) is 0.874. The van der Waals surface area contributed by atoms with Crippen LogP contribution in [0.1, 0.15) is 40.0 Å². The van der Waals surface area contributed by atoms with E-state index in [0.29, 0.717) is 11.3 Å². The van der Waals surface area contributed by atoms with Crippen LogP contribution < -0.4 is 14.8 Å². The normalized spacial score (nSPS) is 11.6. The summed E-state index contributed by atoms with van der Waals surface area (Å²) >= 11 is 0. The lowest BCUT2D eigenvalue weighted by atomic mass is 10.1. The van der Waals surface area contributed by atoms with E-state index in [-0.39, 0.29) is 24.4 Å². The molecule has 0 aromatic heterocycles. The second kappa shape index (κ2) is 9.24. The molecule has 29 heavy (non-hydrogen) atoms. The van der Waals surface area contributed by atoms with Gasteiger partial charge in [0.1, 0.15) is 23.9 Å². The second-order valence-electron chi connectivity index (χ2n) is 6.88. The second-order valence-corrected chi connectivity index (χ2v) is 6.88. The highest BCUT2D eigenvalue weighted by molar-refractivity contribution is 5.94. The van der Waals surface area contributed by atoms with Gasteiger partial charge < -0.3 is 14.8 Å². The first kappa shape index (κ1) is 20.4. The molecule has 1 atom stereocenters. The van der Waals surface area contributed by atoms with Gasteiger partial charge in [0, 0.05) is 11.1 Å². The highest BCUT2D eigenvalue weighted by Crippen LogP contribution is 2.23. The van der Waals surface area contributed by atoms with Gasteiger partial charge in [-0.1, -0.05) is 29.8 Å². The van der Waals surface area contributed by atoms with Crippen LogP contribution in [0.15, 0.2) is 66.7 Å². The molecule has 0 aliphatic rings. The number of methoxy groups -OCH3 is 1. The lowest BCUT2D eigenvalue weighted by Crippen LogP contribution is -2.26. The Bertz CT molecular complexity index is 968. The summed E-state index contributed by atoms with van der Waals surface area (Å²) in [4.78, 5) is 12.7. The molecule has 3 rings (SSSR count). The topological polar surface area (TPSA) is 47.6 Å². The van der Waals surface area contributed by atoms with Gasteiger partial charge in [0.2, 0.25) is 0 Å². The Labute approximate surface area is 170 Å². The predicted molar refractivity (Wildman–Crippen MR) is 111 cm³/mol. The Morgan fingerprint density at radius 1 is 1.03 bits per heavy atom. The van der Waals surface area contributed by atoms with Gasteiger partial charge in [-0.3, -0.25) is 4.79 Å². The van der Waals surface area contributed by atoms with Gasteiger partial charge in [0.25, 0.3) is 5.91 Å². The molecule has 0 aliphatic carbocycles. The van der Waals surface area contributed by atoms with Crippen molar-refractivity contribution < 1.29 is 18.7 Å². The minimum Gasteiger partial charge on any atom is -0.496 e. The van der Waals surface area contributed by atoms with E-state index >= 15 is 0 Å². The van der Waals surface area contributed by atoms with Crippen molar-refractivity contribution in [1.29, 1.82) is 0 Å². The summed E-state index contributed by atoms with van der Waals surface area (Å²) in [6.45, 7) is 4.15. The molecule has 0 spiro atoms. The number of ether oxygens (including phenoxy) is 2. The Morgan fingerprint density at radius 2 is 1.72 bits per heavy atom. The van der Waals surface area contributed by atoms with Crippen molar-refractivity contribution >= 4 is 5.91 Å². The van der Waals surface area contributed by atoms with Crippen molar-refractivity contribution in [3.63, 3.8) is 0 Å². The first-order valence-electron chi connectivity index (χ1n) is 9.39. The van der Waals surface area contributed by atoms with Gasteiger partial charge in [0.15, 0.2) is 0 Å². The SMILES string of the molecule is COc1ccc(C(=O)N[C@H](C)c2ccc(F)cc2)cc1COc1ccc(C)cc1. The number of hydrogen-bond donors (Lipinski definition) is 1. The first-order chi connectivity index (χ1) is 14.0. The number of amides is 1. The molecule has 0 fully saturated rings. The highest BCUT2D eigenvalue weighted by atomic mass is 19.1. The standard InChI is InChI=1S/C24H24FNO3/c1-16-4-11-22(12-5-16)29-15-20-14-19(8-13-23(20)28-3)24(27)26-17(2)18-6-9-21(25)10-7-18/h4-14,17H,15H2,1-3H3,(H,26,27)/t17-/m1/s1. The summed E-state index contributed by atoms with van der Waals surface area (Å²) in [6.07, 6.45) is 0. The third-order valence-electron chi connectivity index (χ3n) is 4.68. The molecular weight excluding hydrogens is 369 g/mol. The molecular formula is C24H24FNO3. The maximum Gasteiger partial charge on any atom is 0.251 e. The number of carbonyl (C=O) groups is 1. The quantitative estimate of drug-likeness (QED) is 0.599. The molecule has 0 radical (unpaired) electrons. The fraction of sp³-hybridized carbons (Fsp3) is 0.208. The van der Waals surface area contributed by atoms with Gasteiger partial charge >= 0.3 is 0 Å². The molecule has 0 heterocycles. The summed E-state index contributed by atoms with van der Waals surface area (Å²) in [7, 11) is 1.58. The van der Waals surface area contributed by atoms with E-state index < -0.39 is 0 Å². The largest absolute Gasteiger partial charge is 0.496 e. The minimum atomic E-state index is -0.305. The summed E-state index contributed by atoms with van der Waals surface area (Å²) in [5, 5.41) is 2.93. The van der Waals surface area contributed by atoms with Crippen molar-refractivity contribution in [1.82, 2.24) is 5.32 Å². The number of aryl methyl sites for hydroxylation is 1. The Kier molecular flexibility index (Phi) is 6.50. The Hall–Kier alpha value is -3.34. The fourth-order valence-corrected chi connectivity index (χ4v) is 2.94. The van der Waals surface area contributed by atoms with E-state index in [1.165, 1.54) is 12.1 Å². The number of halogens is 1. The van der Waals surface area contributed by atoms with Crippen LogP contribution in [0.2, 0.25) is 0 Å².